The molecule has 30 heavy (non-hydrogen) atoms. The molecule has 0 bridgehead atoms. The number of hydrogen-bond donors (Lipinski definition) is 1. The predicted octanol–water partition coefficient (Wildman–Crippen LogP) is 5.68. The number of halogens is 2. The van der Waals surface area contributed by atoms with Crippen LogP contribution in [0.15, 0.2) is 86.8 Å². The lowest BCUT2D eigenvalue weighted by molar-refractivity contribution is 0.0929. The highest BCUT2D eigenvalue weighted by molar-refractivity contribution is 9.10. The van der Waals surface area contributed by atoms with Crippen molar-refractivity contribution in [3.05, 3.63) is 100.0 Å². The molecule has 0 fully saturated rings. The van der Waals surface area contributed by atoms with Crippen LogP contribution < -0.4 is 10.2 Å². The van der Waals surface area contributed by atoms with Crippen molar-refractivity contribution in [3.8, 4) is 5.75 Å². The van der Waals surface area contributed by atoms with Crippen molar-refractivity contribution in [2.24, 2.45) is 5.10 Å². The second kappa shape index (κ2) is 8.92. The molecule has 0 saturated carbocycles. The zero-order valence-electron chi connectivity index (χ0n) is 15.6. The number of nitrogens with one attached hydrogen (secondary N) is 1. The van der Waals surface area contributed by atoms with Gasteiger partial charge in [0.25, 0.3) is 0 Å². The number of hydrazone groups is 1. The average Bonchev–Trinajstić information content (AvgIpc) is 3.18. The van der Waals surface area contributed by atoms with E-state index in [9.17, 15) is 9.18 Å². The third-order valence-electron chi connectivity index (χ3n) is 4.27. The van der Waals surface area contributed by atoms with Gasteiger partial charge in [0.2, 0.25) is 0 Å². The van der Waals surface area contributed by atoms with E-state index < -0.39 is 5.91 Å². The fraction of sp³-hybridized carbons (Fsp3) is 0.0435. The van der Waals surface area contributed by atoms with Gasteiger partial charge in [-0.15, -0.1) is 0 Å². The summed E-state index contributed by atoms with van der Waals surface area (Å²) in [6.45, 7) is 0.200. The first-order chi connectivity index (χ1) is 14.6. The Hall–Kier alpha value is -3.45. The first-order valence-electron chi connectivity index (χ1n) is 9.07. The van der Waals surface area contributed by atoms with Gasteiger partial charge in [-0.1, -0.05) is 46.3 Å². The number of ether oxygens (including phenoxy) is 1. The number of hydrogen-bond acceptors (Lipinski definition) is 4. The zero-order chi connectivity index (χ0) is 20.9. The van der Waals surface area contributed by atoms with Gasteiger partial charge in [0.15, 0.2) is 5.76 Å². The number of amides is 1. The Morgan fingerprint density at radius 2 is 1.97 bits per heavy atom. The van der Waals surface area contributed by atoms with E-state index in [1.165, 1.54) is 18.3 Å². The lowest BCUT2D eigenvalue weighted by Gasteiger charge is -2.10. The van der Waals surface area contributed by atoms with Crippen LogP contribution in [-0.2, 0) is 6.61 Å². The van der Waals surface area contributed by atoms with Crippen molar-refractivity contribution in [3.63, 3.8) is 0 Å². The zero-order valence-corrected chi connectivity index (χ0v) is 17.2. The van der Waals surface area contributed by atoms with E-state index in [4.69, 9.17) is 9.15 Å². The lowest BCUT2D eigenvalue weighted by Crippen LogP contribution is -2.16. The van der Waals surface area contributed by atoms with Gasteiger partial charge in [-0.05, 0) is 48.0 Å². The summed E-state index contributed by atoms with van der Waals surface area (Å²) in [5.41, 5.74) is 4.44. The van der Waals surface area contributed by atoms with Crippen LogP contribution in [0.1, 0.15) is 21.7 Å². The minimum absolute atomic E-state index is 0.171. The summed E-state index contributed by atoms with van der Waals surface area (Å²) in [6.07, 6.45) is 1.48. The van der Waals surface area contributed by atoms with Gasteiger partial charge in [-0.25, -0.2) is 9.82 Å². The molecule has 1 amide bonds. The molecule has 5 nitrogen and oxygen atoms in total. The number of benzene rings is 3. The molecule has 7 heteroatoms. The van der Waals surface area contributed by atoms with Crippen LogP contribution in [0.2, 0.25) is 0 Å². The third-order valence-corrected chi connectivity index (χ3v) is 4.77. The van der Waals surface area contributed by atoms with Crippen LogP contribution in [0.3, 0.4) is 0 Å². The average molecular weight is 467 g/mol. The Morgan fingerprint density at radius 1 is 1.10 bits per heavy atom. The highest BCUT2D eigenvalue weighted by atomic mass is 79.9. The molecule has 1 aromatic heterocycles. The van der Waals surface area contributed by atoms with Crippen molar-refractivity contribution in [2.75, 3.05) is 0 Å². The second-order valence-corrected chi connectivity index (χ2v) is 7.36. The van der Waals surface area contributed by atoms with Crippen LogP contribution in [0.25, 0.3) is 11.0 Å². The molecule has 1 N–H and O–H groups in total. The SMILES string of the molecule is O=C(N/N=C/c1cc(Br)ccc1OCc1cccc(F)c1)c1cc2ccccc2o1. The summed E-state index contributed by atoms with van der Waals surface area (Å²) in [4.78, 5) is 12.3. The fourth-order valence-electron chi connectivity index (χ4n) is 2.85. The topological polar surface area (TPSA) is 63.8 Å². The standard InChI is InChI=1S/C23H16BrFN2O3/c24-18-8-9-20(29-14-15-4-3-6-19(25)10-15)17(11-18)13-26-27-23(28)22-12-16-5-1-2-7-21(16)30-22/h1-13H,14H2,(H,27,28)/b26-13+. The maximum atomic E-state index is 13.3. The molecule has 0 saturated heterocycles. The number of furan rings is 1. The van der Waals surface area contributed by atoms with E-state index in [1.54, 1.807) is 36.4 Å². The van der Waals surface area contributed by atoms with Gasteiger partial charge < -0.3 is 9.15 Å². The van der Waals surface area contributed by atoms with E-state index in [1.807, 2.05) is 24.3 Å². The molecular weight excluding hydrogens is 451 g/mol. The number of fused-ring (bicyclic) bond motifs is 1. The molecule has 0 unspecified atom stereocenters. The Bertz CT molecular complexity index is 1200. The summed E-state index contributed by atoms with van der Waals surface area (Å²) in [5.74, 6) is -0.0592. The maximum absolute atomic E-state index is 13.3. The highest BCUT2D eigenvalue weighted by Crippen LogP contribution is 2.23. The molecular formula is C23H16BrFN2O3. The van der Waals surface area contributed by atoms with Crippen molar-refractivity contribution < 1.29 is 18.3 Å². The smallest absolute Gasteiger partial charge is 0.307 e. The van der Waals surface area contributed by atoms with Crippen LogP contribution in [0.5, 0.6) is 5.75 Å². The summed E-state index contributed by atoms with van der Waals surface area (Å²) < 4.78 is 25.5. The van der Waals surface area contributed by atoms with E-state index in [-0.39, 0.29) is 18.2 Å². The third kappa shape index (κ3) is 4.75. The van der Waals surface area contributed by atoms with Crippen molar-refractivity contribution in [2.45, 2.75) is 6.61 Å². The Labute approximate surface area is 180 Å². The van der Waals surface area contributed by atoms with E-state index >= 15 is 0 Å². The molecule has 0 atom stereocenters. The first-order valence-corrected chi connectivity index (χ1v) is 9.86. The van der Waals surface area contributed by atoms with Crippen LogP contribution >= 0.6 is 15.9 Å². The largest absolute Gasteiger partial charge is 0.488 e. The minimum atomic E-state index is -0.459. The van der Waals surface area contributed by atoms with Gasteiger partial charge in [-0.2, -0.15) is 5.10 Å². The second-order valence-electron chi connectivity index (χ2n) is 6.45. The summed E-state index contributed by atoms with van der Waals surface area (Å²) >= 11 is 3.41. The van der Waals surface area contributed by atoms with E-state index in [0.29, 0.717) is 22.5 Å². The molecule has 150 valence electrons. The predicted molar refractivity (Wildman–Crippen MR) is 116 cm³/mol. The molecule has 0 spiro atoms. The number of rotatable bonds is 6. The molecule has 0 aliphatic heterocycles. The Kier molecular flexibility index (Phi) is 5.90. The first kappa shape index (κ1) is 19.8. The summed E-state index contributed by atoms with van der Waals surface area (Å²) in [5, 5.41) is 4.85. The van der Waals surface area contributed by atoms with Crippen LogP contribution in [0.4, 0.5) is 4.39 Å². The van der Waals surface area contributed by atoms with Crippen molar-refractivity contribution in [1.82, 2.24) is 5.43 Å². The lowest BCUT2D eigenvalue weighted by atomic mass is 10.2. The van der Waals surface area contributed by atoms with E-state index in [2.05, 4.69) is 26.5 Å². The Balaban J connectivity index is 1.45. The molecule has 0 aliphatic carbocycles. The highest BCUT2D eigenvalue weighted by Gasteiger charge is 2.11. The van der Waals surface area contributed by atoms with Gasteiger partial charge in [0.05, 0.1) is 6.21 Å². The summed E-state index contributed by atoms with van der Waals surface area (Å²) in [6, 6.07) is 20.6. The summed E-state index contributed by atoms with van der Waals surface area (Å²) in [7, 11) is 0. The van der Waals surface area contributed by atoms with Gasteiger partial charge in [-0.3, -0.25) is 4.79 Å². The fourth-order valence-corrected chi connectivity index (χ4v) is 3.23. The van der Waals surface area contributed by atoms with Crippen LogP contribution in [-0.4, -0.2) is 12.1 Å². The van der Waals surface area contributed by atoms with E-state index in [0.717, 1.165) is 9.86 Å². The molecule has 4 rings (SSSR count). The number of carbonyl (C=O) groups is 1. The molecule has 0 radical (unpaired) electrons. The normalized spacial score (nSPS) is 11.1. The number of para-hydroxylation sites is 1. The minimum Gasteiger partial charge on any atom is -0.488 e. The monoisotopic (exact) mass is 466 g/mol. The number of nitrogens with zero attached hydrogens (tertiary/aromatic N) is 1. The van der Waals surface area contributed by atoms with Gasteiger partial charge in [0, 0.05) is 15.4 Å². The maximum Gasteiger partial charge on any atom is 0.307 e. The molecule has 1 heterocycles. The number of carbonyl (C=O) groups excluding carboxylic acids is 1. The van der Waals surface area contributed by atoms with Crippen molar-refractivity contribution >= 4 is 39.0 Å². The van der Waals surface area contributed by atoms with Gasteiger partial charge in [0.1, 0.15) is 23.8 Å². The molecule has 4 aromatic rings. The quantitative estimate of drug-likeness (QED) is 0.293. The van der Waals surface area contributed by atoms with Crippen molar-refractivity contribution in [1.29, 1.82) is 0 Å². The van der Waals surface area contributed by atoms with Crippen LogP contribution in [0, 0.1) is 5.82 Å². The molecule has 0 aliphatic rings. The van der Waals surface area contributed by atoms with Gasteiger partial charge >= 0.3 is 5.91 Å². The Morgan fingerprint density at radius 3 is 2.80 bits per heavy atom. The molecule has 3 aromatic carbocycles.